The molecule has 1 aromatic heterocycles. The van der Waals surface area contributed by atoms with E-state index in [1.807, 2.05) is 12.1 Å². The summed E-state index contributed by atoms with van der Waals surface area (Å²) in [6.07, 6.45) is 0.810. The highest BCUT2D eigenvalue weighted by Crippen LogP contribution is 2.36. The molecule has 2 aromatic rings. The second-order valence-corrected chi connectivity index (χ2v) is 7.46. The number of nitrogens with zero attached hydrogens (tertiary/aromatic N) is 2. The molecule has 1 N–H and O–H groups in total. The van der Waals surface area contributed by atoms with Gasteiger partial charge in [-0.25, -0.2) is 0 Å². The Labute approximate surface area is 132 Å². The zero-order valence-corrected chi connectivity index (χ0v) is 13.6. The van der Waals surface area contributed by atoms with Gasteiger partial charge in [0.2, 0.25) is 5.91 Å². The van der Waals surface area contributed by atoms with Crippen molar-refractivity contribution in [3.05, 3.63) is 40.4 Å². The molecule has 1 unspecified atom stereocenters. The van der Waals surface area contributed by atoms with E-state index < -0.39 is 0 Å². The number of hydrogen-bond donors (Lipinski definition) is 1. The Morgan fingerprint density at radius 2 is 2.24 bits per heavy atom. The number of carbonyl (C=O) groups is 1. The summed E-state index contributed by atoms with van der Waals surface area (Å²) in [7, 11) is 0. The SMILES string of the molecule is CC(C)c1nnsc1CNC(=O)C1Cc2ccccc2S1. The molecule has 6 heteroatoms. The van der Waals surface area contributed by atoms with Crippen LogP contribution in [0.4, 0.5) is 0 Å². The summed E-state index contributed by atoms with van der Waals surface area (Å²) in [6, 6.07) is 8.22. The lowest BCUT2D eigenvalue weighted by Gasteiger charge is -2.10. The number of aromatic nitrogens is 2. The number of rotatable bonds is 4. The van der Waals surface area contributed by atoms with Gasteiger partial charge in [-0.3, -0.25) is 4.79 Å². The zero-order chi connectivity index (χ0) is 14.8. The van der Waals surface area contributed by atoms with Crippen LogP contribution in [-0.2, 0) is 17.8 Å². The first-order valence-electron chi connectivity index (χ1n) is 6.98. The van der Waals surface area contributed by atoms with E-state index in [-0.39, 0.29) is 11.2 Å². The number of fused-ring (bicyclic) bond motifs is 1. The van der Waals surface area contributed by atoms with Gasteiger partial charge in [0.1, 0.15) is 0 Å². The molecule has 1 aliphatic heterocycles. The van der Waals surface area contributed by atoms with Crippen molar-refractivity contribution in [1.82, 2.24) is 14.9 Å². The summed E-state index contributed by atoms with van der Waals surface area (Å²) >= 11 is 3.02. The van der Waals surface area contributed by atoms with Crippen molar-refractivity contribution in [2.24, 2.45) is 0 Å². The number of carbonyl (C=O) groups excluding carboxylic acids is 1. The lowest BCUT2D eigenvalue weighted by Crippen LogP contribution is -2.32. The Balaban J connectivity index is 1.60. The van der Waals surface area contributed by atoms with Crippen LogP contribution in [0.2, 0.25) is 0 Å². The lowest BCUT2D eigenvalue weighted by molar-refractivity contribution is -0.120. The molecule has 0 saturated heterocycles. The topological polar surface area (TPSA) is 54.9 Å². The largest absolute Gasteiger partial charge is 0.350 e. The van der Waals surface area contributed by atoms with Crippen molar-refractivity contribution in [3.8, 4) is 0 Å². The summed E-state index contributed by atoms with van der Waals surface area (Å²) in [5.74, 6) is 0.431. The number of amides is 1. The van der Waals surface area contributed by atoms with Gasteiger partial charge in [-0.2, -0.15) is 0 Å². The smallest absolute Gasteiger partial charge is 0.234 e. The van der Waals surface area contributed by atoms with Gasteiger partial charge < -0.3 is 5.32 Å². The summed E-state index contributed by atoms with van der Waals surface area (Å²) in [5.41, 5.74) is 2.26. The third-order valence-corrected chi connectivity index (χ3v) is 5.55. The maximum Gasteiger partial charge on any atom is 0.234 e. The Morgan fingerprint density at radius 1 is 1.43 bits per heavy atom. The zero-order valence-electron chi connectivity index (χ0n) is 12.0. The highest BCUT2D eigenvalue weighted by Gasteiger charge is 2.28. The summed E-state index contributed by atoms with van der Waals surface area (Å²) in [4.78, 5) is 14.6. The Morgan fingerprint density at radius 3 is 3.00 bits per heavy atom. The van der Waals surface area contributed by atoms with Gasteiger partial charge in [0, 0.05) is 4.90 Å². The molecular weight excluding hydrogens is 302 g/mol. The predicted octanol–water partition coefficient (Wildman–Crippen LogP) is 2.99. The molecular formula is C15H17N3OS2. The number of hydrogen-bond acceptors (Lipinski definition) is 5. The molecule has 1 amide bonds. The highest BCUT2D eigenvalue weighted by molar-refractivity contribution is 8.01. The minimum absolute atomic E-state index is 0.0224. The van der Waals surface area contributed by atoms with Gasteiger partial charge >= 0.3 is 0 Å². The summed E-state index contributed by atoms with van der Waals surface area (Å²) < 4.78 is 3.99. The molecule has 0 aliphatic carbocycles. The molecule has 21 heavy (non-hydrogen) atoms. The van der Waals surface area contributed by atoms with E-state index >= 15 is 0 Å². The normalized spacial score (nSPS) is 17.0. The molecule has 110 valence electrons. The van der Waals surface area contributed by atoms with Crippen LogP contribution in [0.25, 0.3) is 0 Å². The molecule has 1 aromatic carbocycles. The minimum atomic E-state index is -0.0224. The minimum Gasteiger partial charge on any atom is -0.350 e. The molecule has 1 aliphatic rings. The molecule has 3 rings (SSSR count). The second-order valence-electron chi connectivity index (χ2n) is 5.37. The van der Waals surface area contributed by atoms with Crippen LogP contribution >= 0.6 is 23.3 Å². The third kappa shape index (κ3) is 3.11. The standard InChI is InChI=1S/C15H17N3OS2/c1-9(2)14-13(21-18-17-14)8-16-15(19)12-7-10-5-3-4-6-11(10)20-12/h3-6,9,12H,7-8H2,1-2H3,(H,16,19). The number of thioether (sulfide) groups is 1. The van der Waals surface area contributed by atoms with E-state index in [1.165, 1.54) is 22.0 Å². The van der Waals surface area contributed by atoms with Crippen LogP contribution in [0, 0.1) is 0 Å². The summed E-state index contributed by atoms with van der Waals surface area (Å²) in [6.45, 7) is 4.70. The first kappa shape index (κ1) is 14.5. The maximum atomic E-state index is 12.3. The number of nitrogens with one attached hydrogen (secondary N) is 1. The number of benzene rings is 1. The molecule has 0 fully saturated rings. The van der Waals surface area contributed by atoms with Crippen LogP contribution in [0.1, 0.15) is 35.9 Å². The first-order valence-corrected chi connectivity index (χ1v) is 8.64. The van der Waals surface area contributed by atoms with Crippen LogP contribution in [0.3, 0.4) is 0 Å². The van der Waals surface area contributed by atoms with Crippen LogP contribution in [-0.4, -0.2) is 20.7 Å². The second kappa shape index (κ2) is 6.15. The molecule has 0 bridgehead atoms. The van der Waals surface area contributed by atoms with Crippen molar-refractivity contribution >= 4 is 29.2 Å². The molecule has 4 nitrogen and oxygen atoms in total. The van der Waals surface area contributed by atoms with E-state index in [1.54, 1.807) is 11.8 Å². The Bertz CT molecular complexity index is 629. The first-order chi connectivity index (χ1) is 10.1. The molecule has 2 heterocycles. The van der Waals surface area contributed by atoms with Gasteiger partial charge in [-0.15, -0.1) is 16.9 Å². The van der Waals surface area contributed by atoms with Gasteiger partial charge in [0.25, 0.3) is 0 Å². The van der Waals surface area contributed by atoms with Gasteiger partial charge in [-0.1, -0.05) is 36.5 Å². The predicted molar refractivity (Wildman–Crippen MR) is 85.6 cm³/mol. The van der Waals surface area contributed by atoms with E-state index in [2.05, 4.69) is 40.9 Å². The molecule has 0 saturated carbocycles. The molecule has 0 radical (unpaired) electrons. The Kier molecular flexibility index (Phi) is 4.26. The fourth-order valence-corrected chi connectivity index (χ4v) is 4.34. The fraction of sp³-hybridized carbons (Fsp3) is 0.400. The van der Waals surface area contributed by atoms with E-state index in [4.69, 9.17) is 0 Å². The van der Waals surface area contributed by atoms with Gasteiger partial charge in [0.15, 0.2) is 0 Å². The van der Waals surface area contributed by atoms with Crippen molar-refractivity contribution in [2.75, 3.05) is 0 Å². The van der Waals surface area contributed by atoms with Gasteiger partial charge in [0.05, 0.1) is 22.4 Å². The van der Waals surface area contributed by atoms with Crippen molar-refractivity contribution in [3.63, 3.8) is 0 Å². The van der Waals surface area contributed by atoms with E-state index in [0.717, 1.165) is 17.0 Å². The average Bonchev–Trinajstić information content (AvgIpc) is 3.10. The third-order valence-electron chi connectivity index (χ3n) is 3.49. The van der Waals surface area contributed by atoms with Gasteiger partial charge in [-0.05, 0) is 35.5 Å². The van der Waals surface area contributed by atoms with E-state index in [9.17, 15) is 4.79 Å². The lowest BCUT2D eigenvalue weighted by atomic mass is 10.1. The quantitative estimate of drug-likeness (QED) is 0.941. The van der Waals surface area contributed by atoms with Crippen LogP contribution < -0.4 is 5.32 Å². The average molecular weight is 319 g/mol. The molecule has 0 spiro atoms. The van der Waals surface area contributed by atoms with Crippen molar-refractivity contribution < 1.29 is 4.79 Å². The monoisotopic (exact) mass is 319 g/mol. The van der Waals surface area contributed by atoms with Crippen molar-refractivity contribution in [1.29, 1.82) is 0 Å². The molecule has 1 atom stereocenters. The summed E-state index contributed by atoms with van der Waals surface area (Å²) in [5, 5.41) is 7.14. The van der Waals surface area contributed by atoms with E-state index in [0.29, 0.717) is 12.5 Å². The Hall–Kier alpha value is -1.40. The van der Waals surface area contributed by atoms with Crippen LogP contribution in [0.15, 0.2) is 29.2 Å². The maximum absolute atomic E-state index is 12.3. The fourth-order valence-electron chi connectivity index (χ4n) is 2.39. The highest BCUT2D eigenvalue weighted by atomic mass is 32.2. The van der Waals surface area contributed by atoms with Crippen molar-refractivity contribution in [2.45, 2.75) is 42.9 Å². The van der Waals surface area contributed by atoms with Crippen LogP contribution in [0.5, 0.6) is 0 Å².